The summed E-state index contributed by atoms with van der Waals surface area (Å²) in [5.74, 6) is -0.836. The average Bonchev–Trinajstić information content (AvgIpc) is 2.21. The average molecular weight is 242 g/mol. The first-order valence-corrected chi connectivity index (χ1v) is 5.01. The first-order valence-electron chi connectivity index (χ1n) is 4.64. The summed E-state index contributed by atoms with van der Waals surface area (Å²) in [7, 11) is 0. The zero-order chi connectivity index (χ0) is 12.1. The molecular weight excluding hydrogens is 230 g/mol. The van der Waals surface area contributed by atoms with Crippen molar-refractivity contribution in [3.63, 3.8) is 0 Å². The van der Waals surface area contributed by atoms with E-state index in [1.54, 1.807) is 0 Å². The smallest absolute Gasteiger partial charge is 0.248 e. The summed E-state index contributed by atoms with van der Waals surface area (Å²) in [5.41, 5.74) is 11.0. The van der Waals surface area contributed by atoms with Crippen molar-refractivity contribution in [1.82, 2.24) is 0 Å². The van der Waals surface area contributed by atoms with Gasteiger partial charge >= 0.3 is 0 Å². The van der Waals surface area contributed by atoms with Gasteiger partial charge in [0.15, 0.2) is 0 Å². The lowest BCUT2D eigenvalue weighted by Gasteiger charge is -2.07. The summed E-state index contributed by atoms with van der Waals surface area (Å²) < 4.78 is 0. The second-order valence-corrected chi connectivity index (χ2v) is 3.55. The Morgan fingerprint density at radius 2 is 2.06 bits per heavy atom. The molecule has 0 aliphatic carbocycles. The number of rotatable bonds is 4. The van der Waals surface area contributed by atoms with Crippen LogP contribution in [0.25, 0.3) is 0 Å². The Kier molecular flexibility index (Phi) is 4.28. The minimum atomic E-state index is -0.578. The summed E-state index contributed by atoms with van der Waals surface area (Å²) in [6, 6.07) is 4.42. The molecule has 2 amide bonds. The Labute approximate surface area is 97.7 Å². The van der Waals surface area contributed by atoms with Crippen molar-refractivity contribution in [2.45, 2.75) is 6.42 Å². The third-order valence-corrected chi connectivity index (χ3v) is 2.23. The predicted octanol–water partition coefficient (Wildman–Crippen LogP) is 0.726. The quantitative estimate of drug-likeness (QED) is 0.725. The molecule has 0 radical (unpaired) electrons. The second-order valence-electron chi connectivity index (χ2n) is 3.15. The number of halogens is 1. The molecule has 0 heterocycles. The van der Waals surface area contributed by atoms with E-state index < -0.39 is 5.91 Å². The van der Waals surface area contributed by atoms with Gasteiger partial charge < -0.3 is 16.8 Å². The van der Waals surface area contributed by atoms with Crippen LogP contribution in [0, 0.1) is 0 Å². The van der Waals surface area contributed by atoms with Crippen LogP contribution in [0.5, 0.6) is 0 Å². The van der Waals surface area contributed by atoms with E-state index in [-0.39, 0.29) is 24.4 Å². The maximum Gasteiger partial charge on any atom is 0.248 e. The van der Waals surface area contributed by atoms with Gasteiger partial charge in [0.25, 0.3) is 0 Å². The molecule has 5 N–H and O–H groups in total. The lowest BCUT2D eigenvalue weighted by atomic mass is 10.2. The van der Waals surface area contributed by atoms with Gasteiger partial charge in [0, 0.05) is 18.5 Å². The molecule has 0 aliphatic heterocycles. The van der Waals surface area contributed by atoms with Crippen LogP contribution in [-0.2, 0) is 4.79 Å². The van der Waals surface area contributed by atoms with E-state index in [0.717, 1.165) is 0 Å². The summed E-state index contributed by atoms with van der Waals surface area (Å²) >= 11 is 5.85. The summed E-state index contributed by atoms with van der Waals surface area (Å²) in [6.45, 7) is 0.249. The fourth-order valence-electron chi connectivity index (χ4n) is 1.12. The number of primary amides is 1. The number of anilines is 1. The highest BCUT2D eigenvalue weighted by molar-refractivity contribution is 6.33. The predicted molar refractivity (Wildman–Crippen MR) is 62.3 cm³/mol. The van der Waals surface area contributed by atoms with Crippen molar-refractivity contribution < 1.29 is 9.59 Å². The van der Waals surface area contributed by atoms with Crippen LogP contribution in [0.4, 0.5) is 5.69 Å². The molecule has 0 atom stereocenters. The van der Waals surface area contributed by atoms with Crippen molar-refractivity contribution in [3.05, 3.63) is 28.8 Å². The molecule has 0 saturated carbocycles. The highest BCUT2D eigenvalue weighted by atomic mass is 35.5. The Morgan fingerprint density at radius 3 is 2.62 bits per heavy atom. The van der Waals surface area contributed by atoms with E-state index in [2.05, 4.69) is 5.32 Å². The SMILES string of the molecule is NCCC(=O)Nc1cc(C(N)=O)ccc1Cl. The monoisotopic (exact) mass is 241 g/mol. The van der Waals surface area contributed by atoms with Crippen molar-refractivity contribution in [2.75, 3.05) is 11.9 Å². The van der Waals surface area contributed by atoms with Gasteiger partial charge in [0.05, 0.1) is 10.7 Å². The number of hydrogen-bond donors (Lipinski definition) is 3. The summed E-state index contributed by atoms with van der Waals surface area (Å²) in [5, 5.41) is 2.89. The van der Waals surface area contributed by atoms with E-state index in [1.807, 2.05) is 0 Å². The molecule has 0 unspecified atom stereocenters. The molecule has 0 bridgehead atoms. The number of nitrogens with two attached hydrogens (primary N) is 2. The molecule has 0 spiro atoms. The number of carbonyl (C=O) groups excluding carboxylic acids is 2. The number of nitrogens with one attached hydrogen (secondary N) is 1. The van der Waals surface area contributed by atoms with E-state index in [4.69, 9.17) is 23.1 Å². The van der Waals surface area contributed by atoms with Crippen LogP contribution in [0.2, 0.25) is 5.02 Å². The second kappa shape index (κ2) is 5.48. The zero-order valence-electron chi connectivity index (χ0n) is 8.50. The molecule has 86 valence electrons. The van der Waals surface area contributed by atoms with Crippen LogP contribution in [0.1, 0.15) is 16.8 Å². The maximum absolute atomic E-state index is 11.3. The van der Waals surface area contributed by atoms with Crippen LogP contribution in [0.15, 0.2) is 18.2 Å². The number of amides is 2. The topological polar surface area (TPSA) is 98.2 Å². The lowest BCUT2D eigenvalue weighted by Crippen LogP contribution is -2.17. The molecule has 16 heavy (non-hydrogen) atoms. The highest BCUT2D eigenvalue weighted by Gasteiger charge is 2.08. The third-order valence-electron chi connectivity index (χ3n) is 1.90. The molecule has 1 rings (SSSR count). The van der Waals surface area contributed by atoms with Crippen molar-refractivity contribution in [2.24, 2.45) is 11.5 Å². The van der Waals surface area contributed by atoms with Gasteiger partial charge in [-0.2, -0.15) is 0 Å². The molecule has 1 aromatic rings. The van der Waals surface area contributed by atoms with Crippen molar-refractivity contribution in [1.29, 1.82) is 0 Å². The van der Waals surface area contributed by atoms with Crippen LogP contribution >= 0.6 is 11.6 Å². The molecule has 0 saturated heterocycles. The van der Waals surface area contributed by atoms with Gasteiger partial charge in [-0.1, -0.05) is 11.6 Å². The van der Waals surface area contributed by atoms with Crippen LogP contribution in [-0.4, -0.2) is 18.4 Å². The largest absolute Gasteiger partial charge is 0.366 e. The molecule has 0 fully saturated rings. The van der Waals surface area contributed by atoms with Gasteiger partial charge in [-0.05, 0) is 18.2 Å². The van der Waals surface area contributed by atoms with E-state index in [9.17, 15) is 9.59 Å². The van der Waals surface area contributed by atoms with Gasteiger partial charge in [-0.3, -0.25) is 9.59 Å². The van der Waals surface area contributed by atoms with Crippen LogP contribution < -0.4 is 16.8 Å². The first-order chi connectivity index (χ1) is 7.54. The molecular formula is C10H12ClN3O2. The minimum Gasteiger partial charge on any atom is -0.366 e. The molecule has 6 heteroatoms. The first kappa shape index (κ1) is 12.5. The van der Waals surface area contributed by atoms with Crippen LogP contribution in [0.3, 0.4) is 0 Å². The Hall–Kier alpha value is -1.59. The van der Waals surface area contributed by atoms with Crippen molar-refractivity contribution >= 4 is 29.1 Å². The molecule has 0 aliphatic rings. The number of hydrogen-bond acceptors (Lipinski definition) is 3. The fourth-order valence-corrected chi connectivity index (χ4v) is 1.28. The third kappa shape index (κ3) is 3.22. The van der Waals surface area contributed by atoms with E-state index in [1.165, 1.54) is 18.2 Å². The Balaban J connectivity index is 2.90. The molecule has 0 aromatic heterocycles. The van der Waals surface area contributed by atoms with Crippen molar-refractivity contribution in [3.8, 4) is 0 Å². The van der Waals surface area contributed by atoms with Gasteiger partial charge in [-0.15, -0.1) is 0 Å². The lowest BCUT2D eigenvalue weighted by molar-refractivity contribution is -0.116. The number of benzene rings is 1. The summed E-state index contributed by atoms with van der Waals surface area (Å²) in [6.07, 6.45) is 0.192. The van der Waals surface area contributed by atoms with Gasteiger partial charge in [0.2, 0.25) is 11.8 Å². The molecule has 1 aromatic carbocycles. The minimum absolute atomic E-state index is 0.192. The standard InChI is InChI=1S/C10H12ClN3O2/c11-7-2-1-6(10(13)16)5-8(7)14-9(15)3-4-12/h1-2,5H,3-4,12H2,(H2,13,16)(H,14,15). The fraction of sp³-hybridized carbons (Fsp3) is 0.200. The highest BCUT2D eigenvalue weighted by Crippen LogP contribution is 2.22. The Bertz CT molecular complexity index is 421. The van der Waals surface area contributed by atoms with E-state index in [0.29, 0.717) is 10.7 Å². The molecule has 5 nitrogen and oxygen atoms in total. The van der Waals surface area contributed by atoms with Gasteiger partial charge in [0.1, 0.15) is 0 Å². The summed E-state index contributed by atoms with van der Waals surface area (Å²) in [4.78, 5) is 22.2. The number of carbonyl (C=O) groups is 2. The maximum atomic E-state index is 11.3. The van der Waals surface area contributed by atoms with E-state index >= 15 is 0 Å². The zero-order valence-corrected chi connectivity index (χ0v) is 9.25. The van der Waals surface area contributed by atoms with Gasteiger partial charge in [-0.25, -0.2) is 0 Å². The normalized spacial score (nSPS) is 9.88. The Morgan fingerprint density at radius 1 is 1.38 bits per heavy atom.